The first-order valence-corrected chi connectivity index (χ1v) is 8.35. The lowest BCUT2D eigenvalue weighted by atomic mass is 10.1. The SMILES string of the molecule is CSC(=Nc1cccc(F)c1)N(C)N1C(=O)c2ccccc2C1=O. The number of rotatable bonds is 2. The van der Waals surface area contributed by atoms with Gasteiger partial charge in [0.1, 0.15) is 5.82 Å². The van der Waals surface area contributed by atoms with Crippen LogP contribution in [0.5, 0.6) is 0 Å². The van der Waals surface area contributed by atoms with Crippen LogP contribution in [0.4, 0.5) is 10.1 Å². The van der Waals surface area contributed by atoms with Crippen molar-refractivity contribution in [1.82, 2.24) is 10.0 Å². The van der Waals surface area contributed by atoms with Crippen LogP contribution in [0.15, 0.2) is 53.5 Å². The average molecular weight is 343 g/mol. The quantitative estimate of drug-likeness (QED) is 0.477. The van der Waals surface area contributed by atoms with Crippen molar-refractivity contribution in [1.29, 1.82) is 0 Å². The fraction of sp³-hybridized carbons (Fsp3) is 0.118. The molecule has 2 aromatic carbocycles. The first-order valence-electron chi connectivity index (χ1n) is 7.12. The van der Waals surface area contributed by atoms with Crippen LogP contribution < -0.4 is 0 Å². The first-order chi connectivity index (χ1) is 11.5. The molecular weight excluding hydrogens is 329 g/mol. The van der Waals surface area contributed by atoms with Gasteiger partial charge >= 0.3 is 0 Å². The molecule has 0 N–H and O–H groups in total. The Hall–Kier alpha value is -2.67. The Morgan fingerprint density at radius 2 is 1.71 bits per heavy atom. The largest absolute Gasteiger partial charge is 0.280 e. The van der Waals surface area contributed by atoms with Gasteiger partial charge in [0.2, 0.25) is 0 Å². The van der Waals surface area contributed by atoms with Crippen LogP contribution in [0.2, 0.25) is 0 Å². The van der Waals surface area contributed by atoms with Gasteiger partial charge in [0.25, 0.3) is 11.8 Å². The third-order valence-corrected chi connectivity index (χ3v) is 4.29. The van der Waals surface area contributed by atoms with Crippen LogP contribution in [0, 0.1) is 5.82 Å². The van der Waals surface area contributed by atoms with Crippen LogP contribution in [0.3, 0.4) is 0 Å². The molecule has 0 bridgehead atoms. The van der Waals surface area contributed by atoms with Crippen molar-refractivity contribution in [2.75, 3.05) is 13.3 Å². The smallest absolute Gasteiger partial charge is 0.267 e. The van der Waals surface area contributed by atoms with Crippen LogP contribution in [-0.2, 0) is 0 Å². The summed E-state index contributed by atoms with van der Waals surface area (Å²) in [7, 11) is 1.58. The molecule has 0 fully saturated rings. The number of amidine groups is 1. The van der Waals surface area contributed by atoms with E-state index in [4.69, 9.17) is 0 Å². The van der Waals surface area contributed by atoms with Crippen molar-refractivity contribution >= 4 is 34.4 Å². The number of carbonyl (C=O) groups is 2. The van der Waals surface area contributed by atoms with E-state index in [1.807, 2.05) is 0 Å². The summed E-state index contributed by atoms with van der Waals surface area (Å²) in [6, 6.07) is 12.5. The van der Waals surface area contributed by atoms with E-state index >= 15 is 0 Å². The molecule has 0 saturated carbocycles. The number of nitrogens with zero attached hydrogens (tertiary/aromatic N) is 3. The molecule has 24 heavy (non-hydrogen) atoms. The van der Waals surface area contributed by atoms with Crippen molar-refractivity contribution < 1.29 is 14.0 Å². The fourth-order valence-electron chi connectivity index (χ4n) is 2.44. The molecule has 7 heteroatoms. The van der Waals surface area contributed by atoms with Gasteiger partial charge in [-0.1, -0.05) is 30.0 Å². The van der Waals surface area contributed by atoms with Gasteiger partial charge in [-0.25, -0.2) is 9.38 Å². The van der Waals surface area contributed by atoms with E-state index in [9.17, 15) is 14.0 Å². The van der Waals surface area contributed by atoms with E-state index in [2.05, 4.69) is 4.99 Å². The van der Waals surface area contributed by atoms with Crippen molar-refractivity contribution in [3.8, 4) is 0 Å². The Morgan fingerprint density at radius 1 is 1.08 bits per heavy atom. The van der Waals surface area contributed by atoms with Gasteiger partial charge in [-0.15, -0.1) is 0 Å². The summed E-state index contributed by atoms with van der Waals surface area (Å²) in [6.45, 7) is 0. The molecule has 5 nitrogen and oxygen atoms in total. The summed E-state index contributed by atoms with van der Waals surface area (Å²) in [5.41, 5.74) is 1.13. The first kappa shape index (κ1) is 16.2. The highest BCUT2D eigenvalue weighted by atomic mass is 32.2. The summed E-state index contributed by atoms with van der Waals surface area (Å²) in [5, 5.41) is 2.83. The number of benzene rings is 2. The van der Waals surface area contributed by atoms with E-state index < -0.39 is 17.6 Å². The second kappa shape index (κ2) is 6.45. The number of amides is 2. The maximum absolute atomic E-state index is 13.3. The fourth-order valence-corrected chi connectivity index (χ4v) is 2.98. The molecule has 0 aromatic heterocycles. The number of hydrogen-bond donors (Lipinski definition) is 0. The normalized spacial score (nSPS) is 14.1. The van der Waals surface area contributed by atoms with Gasteiger partial charge in [-0.2, -0.15) is 5.01 Å². The average Bonchev–Trinajstić information content (AvgIpc) is 2.84. The summed E-state index contributed by atoms with van der Waals surface area (Å²) < 4.78 is 13.3. The topological polar surface area (TPSA) is 53.0 Å². The minimum absolute atomic E-state index is 0.362. The Balaban J connectivity index is 1.94. The highest BCUT2D eigenvalue weighted by Gasteiger charge is 2.39. The predicted octanol–water partition coefficient (Wildman–Crippen LogP) is 3.32. The lowest BCUT2D eigenvalue weighted by Crippen LogP contribution is -2.46. The third-order valence-electron chi connectivity index (χ3n) is 3.56. The Kier molecular flexibility index (Phi) is 4.35. The highest BCUT2D eigenvalue weighted by Crippen LogP contribution is 2.26. The minimum Gasteiger partial charge on any atom is -0.267 e. The molecule has 3 rings (SSSR count). The van der Waals surface area contributed by atoms with E-state index in [0.29, 0.717) is 22.0 Å². The van der Waals surface area contributed by atoms with Gasteiger partial charge in [0, 0.05) is 7.05 Å². The van der Waals surface area contributed by atoms with E-state index in [0.717, 1.165) is 5.01 Å². The van der Waals surface area contributed by atoms with Crippen LogP contribution in [0.25, 0.3) is 0 Å². The van der Waals surface area contributed by atoms with Crippen LogP contribution >= 0.6 is 11.8 Å². The summed E-state index contributed by atoms with van der Waals surface area (Å²) in [6.07, 6.45) is 1.77. The number of aliphatic imine (C=N–C) groups is 1. The number of imide groups is 1. The molecule has 0 aliphatic carbocycles. The van der Waals surface area contributed by atoms with Crippen molar-refractivity contribution in [2.45, 2.75) is 0 Å². The van der Waals surface area contributed by atoms with Crippen LogP contribution in [-0.4, -0.2) is 40.3 Å². The van der Waals surface area contributed by atoms with Gasteiger partial charge in [0.15, 0.2) is 5.17 Å². The Morgan fingerprint density at radius 3 is 2.25 bits per heavy atom. The molecular formula is C17H14FN3O2S. The maximum Gasteiger partial charge on any atom is 0.280 e. The predicted molar refractivity (Wildman–Crippen MR) is 91.7 cm³/mol. The summed E-state index contributed by atoms with van der Waals surface area (Å²) >= 11 is 1.26. The standard InChI is InChI=1S/C17H14FN3O2S/c1-20(17(24-2)19-12-7-5-6-11(18)10-12)21-15(22)13-8-3-4-9-14(13)16(21)23/h3-10H,1-2H3. The minimum atomic E-state index is -0.404. The molecule has 0 saturated heterocycles. The molecule has 2 aromatic rings. The number of hydrazine groups is 1. The number of halogens is 1. The molecule has 0 spiro atoms. The van der Waals surface area contributed by atoms with Gasteiger partial charge in [-0.3, -0.25) is 14.6 Å². The molecule has 1 heterocycles. The zero-order valence-corrected chi connectivity index (χ0v) is 13.9. The van der Waals surface area contributed by atoms with Crippen molar-refractivity contribution in [3.05, 3.63) is 65.5 Å². The van der Waals surface area contributed by atoms with Gasteiger partial charge in [-0.05, 0) is 36.6 Å². The monoisotopic (exact) mass is 343 g/mol. The van der Waals surface area contributed by atoms with Crippen molar-refractivity contribution in [3.63, 3.8) is 0 Å². The summed E-state index contributed by atoms with van der Waals surface area (Å²) in [5.74, 6) is -1.21. The van der Waals surface area contributed by atoms with E-state index in [1.165, 1.54) is 28.9 Å². The molecule has 122 valence electrons. The lowest BCUT2D eigenvalue weighted by Gasteiger charge is -2.27. The number of fused-ring (bicyclic) bond motifs is 1. The molecule has 0 unspecified atom stereocenters. The third kappa shape index (κ3) is 2.78. The molecule has 1 aliphatic rings. The maximum atomic E-state index is 13.3. The highest BCUT2D eigenvalue weighted by molar-refractivity contribution is 8.13. The Bertz CT molecular complexity index is 818. The van der Waals surface area contributed by atoms with Gasteiger partial charge < -0.3 is 0 Å². The molecule has 1 aliphatic heterocycles. The summed E-state index contributed by atoms with van der Waals surface area (Å²) in [4.78, 5) is 29.4. The van der Waals surface area contributed by atoms with Gasteiger partial charge in [0.05, 0.1) is 16.8 Å². The van der Waals surface area contributed by atoms with Crippen molar-refractivity contribution in [2.24, 2.45) is 4.99 Å². The van der Waals surface area contributed by atoms with Crippen LogP contribution in [0.1, 0.15) is 20.7 Å². The second-order valence-electron chi connectivity index (χ2n) is 5.07. The number of thioether (sulfide) groups is 1. The number of hydrogen-bond acceptors (Lipinski definition) is 4. The zero-order chi connectivity index (χ0) is 17.3. The molecule has 0 atom stereocenters. The Labute approximate surface area is 142 Å². The van der Waals surface area contributed by atoms with E-state index in [1.54, 1.807) is 49.7 Å². The lowest BCUT2D eigenvalue weighted by molar-refractivity contribution is 0.0369. The second-order valence-corrected chi connectivity index (χ2v) is 5.84. The zero-order valence-electron chi connectivity index (χ0n) is 13.1. The van der Waals surface area contributed by atoms with E-state index in [-0.39, 0.29) is 0 Å². The number of carbonyl (C=O) groups excluding carboxylic acids is 2. The molecule has 0 radical (unpaired) electrons. The molecule has 2 amide bonds.